The maximum atomic E-state index is 11.4. The molecule has 8 heteroatoms. The quantitative estimate of drug-likeness (QED) is 0.580. The summed E-state index contributed by atoms with van der Waals surface area (Å²) in [6, 6.07) is 0. The predicted octanol–water partition coefficient (Wildman–Crippen LogP) is 0.979. The Labute approximate surface area is 154 Å². The van der Waals surface area contributed by atoms with Crippen LogP contribution in [0.1, 0.15) is 29.4 Å². The van der Waals surface area contributed by atoms with Crippen LogP contribution in [0, 0.1) is 13.8 Å². The summed E-state index contributed by atoms with van der Waals surface area (Å²) in [6.07, 6.45) is 0. The van der Waals surface area contributed by atoms with Crippen LogP contribution < -0.4 is 10.6 Å². The first-order valence-electron chi connectivity index (χ1n) is 8.92. The van der Waals surface area contributed by atoms with Crippen molar-refractivity contribution in [3.63, 3.8) is 0 Å². The van der Waals surface area contributed by atoms with Gasteiger partial charge in [0.25, 0.3) is 0 Å². The van der Waals surface area contributed by atoms with Crippen LogP contribution in [-0.2, 0) is 11.3 Å². The molecule has 0 bridgehead atoms. The molecule has 1 aliphatic heterocycles. The molecule has 2 N–H and O–H groups in total. The summed E-state index contributed by atoms with van der Waals surface area (Å²) in [5.41, 5.74) is 1.07. The minimum absolute atomic E-state index is 0.174. The highest BCUT2D eigenvalue weighted by atomic mass is 32.1. The number of carbonyl (C=O) groups excluding carboxylic acids is 1. The molecule has 1 fully saturated rings. The van der Waals surface area contributed by atoms with Gasteiger partial charge in [-0.3, -0.25) is 9.69 Å². The van der Waals surface area contributed by atoms with Crippen molar-refractivity contribution in [2.24, 2.45) is 4.99 Å². The lowest BCUT2D eigenvalue weighted by Gasteiger charge is -2.34. The van der Waals surface area contributed by atoms with Crippen molar-refractivity contribution in [3.8, 4) is 0 Å². The fourth-order valence-corrected chi connectivity index (χ4v) is 3.69. The van der Waals surface area contributed by atoms with Crippen molar-refractivity contribution in [1.29, 1.82) is 0 Å². The normalized spacial score (nSPS) is 16.2. The largest absolute Gasteiger partial charge is 0.357 e. The van der Waals surface area contributed by atoms with Crippen LogP contribution in [0.15, 0.2) is 4.99 Å². The number of nitrogens with one attached hydrogen (secondary N) is 2. The third kappa shape index (κ3) is 6.28. The van der Waals surface area contributed by atoms with Gasteiger partial charge in [-0.05, 0) is 20.8 Å². The molecule has 0 atom stereocenters. The molecule has 1 amide bonds. The molecule has 0 unspecified atom stereocenters. The molecule has 25 heavy (non-hydrogen) atoms. The fraction of sp³-hybridized carbons (Fsp3) is 0.706. The minimum atomic E-state index is 0.174. The Balaban J connectivity index is 1.77. The Bertz CT molecular complexity index is 592. The van der Waals surface area contributed by atoms with Crippen LogP contribution in [0.4, 0.5) is 0 Å². The number of hydrogen-bond donors (Lipinski definition) is 2. The number of aliphatic imine (C=N–C) groups is 1. The van der Waals surface area contributed by atoms with E-state index in [2.05, 4.69) is 32.4 Å². The Morgan fingerprint density at radius 2 is 1.96 bits per heavy atom. The first-order valence-corrected chi connectivity index (χ1v) is 9.74. The highest BCUT2D eigenvalue weighted by Gasteiger charge is 2.17. The van der Waals surface area contributed by atoms with Gasteiger partial charge in [0.1, 0.15) is 0 Å². The van der Waals surface area contributed by atoms with Gasteiger partial charge >= 0.3 is 0 Å². The van der Waals surface area contributed by atoms with Crippen molar-refractivity contribution >= 4 is 23.2 Å². The number of rotatable bonds is 6. The minimum Gasteiger partial charge on any atom is -0.357 e. The molecule has 1 aliphatic rings. The monoisotopic (exact) mass is 366 g/mol. The molecule has 0 radical (unpaired) electrons. The maximum Gasteiger partial charge on any atom is 0.219 e. The van der Waals surface area contributed by atoms with Gasteiger partial charge in [0.05, 0.1) is 17.2 Å². The number of piperazine rings is 1. The number of nitrogens with zero attached hydrogens (tertiary/aromatic N) is 4. The Kier molecular flexibility index (Phi) is 7.64. The van der Waals surface area contributed by atoms with E-state index in [1.165, 1.54) is 4.88 Å². The fourth-order valence-electron chi connectivity index (χ4n) is 2.83. The molecule has 7 nitrogen and oxygen atoms in total. The summed E-state index contributed by atoms with van der Waals surface area (Å²) in [7, 11) is 0. The molecule has 2 heterocycles. The number of hydrogen-bond acceptors (Lipinski definition) is 5. The van der Waals surface area contributed by atoms with E-state index in [0.29, 0.717) is 6.54 Å². The first kappa shape index (κ1) is 19.7. The van der Waals surface area contributed by atoms with E-state index >= 15 is 0 Å². The van der Waals surface area contributed by atoms with Crippen LogP contribution in [-0.4, -0.2) is 72.5 Å². The first-order chi connectivity index (χ1) is 12.0. The summed E-state index contributed by atoms with van der Waals surface area (Å²) < 4.78 is 0. The molecule has 0 spiro atoms. The smallest absolute Gasteiger partial charge is 0.219 e. The third-order valence-corrected chi connectivity index (χ3v) is 5.32. The number of carbonyl (C=O) groups is 1. The van der Waals surface area contributed by atoms with E-state index in [1.807, 2.05) is 18.7 Å². The van der Waals surface area contributed by atoms with Gasteiger partial charge in [0.15, 0.2) is 5.96 Å². The van der Waals surface area contributed by atoms with E-state index in [0.717, 1.165) is 62.5 Å². The van der Waals surface area contributed by atoms with Crippen molar-refractivity contribution in [1.82, 2.24) is 25.4 Å². The number of thiazole rings is 1. The van der Waals surface area contributed by atoms with E-state index in [9.17, 15) is 4.79 Å². The lowest BCUT2D eigenvalue weighted by molar-refractivity contribution is -0.130. The van der Waals surface area contributed by atoms with E-state index < -0.39 is 0 Å². The van der Waals surface area contributed by atoms with E-state index in [1.54, 1.807) is 18.3 Å². The molecule has 2 rings (SSSR count). The van der Waals surface area contributed by atoms with Crippen LogP contribution in [0.5, 0.6) is 0 Å². The van der Waals surface area contributed by atoms with Crippen molar-refractivity contribution in [2.45, 2.75) is 34.2 Å². The summed E-state index contributed by atoms with van der Waals surface area (Å²) in [5.74, 6) is 1.02. The number of guanidine groups is 1. The standard InChI is InChI=1S/C17H30N6OS/c1-5-18-17(20-12-16-13(2)21-14(3)25-16)19-6-7-22-8-10-23(11-9-22)15(4)24/h5-12H2,1-4H3,(H2,18,19,20). The van der Waals surface area contributed by atoms with Crippen molar-refractivity contribution in [2.75, 3.05) is 45.8 Å². The summed E-state index contributed by atoms with van der Waals surface area (Å²) in [6.45, 7) is 14.6. The van der Waals surface area contributed by atoms with Crippen LogP contribution in [0.3, 0.4) is 0 Å². The topological polar surface area (TPSA) is 72.9 Å². The molecule has 1 aromatic heterocycles. The highest BCUT2D eigenvalue weighted by molar-refractivity contribution is 7.11. The van der Waals surface area contributed by atoms with Gasteiger partial charge in [-0.15, -0.1) is 11.3 Å². The third-order valence-electron chi connectivity index (χ3n) is 4.26. The zero-order valence-electron chi connectivity index (χ0n) is 15.8. The lowest BCUT2D eigenvalue weighted by Crippen LogP contribution is -2.50. The van der Waals surface area contributed by atoms with Gasteiger partial charge in [-0.1, -0.05) is 0 Å². The average Bonchev–Trinajstić information content (AvgIpc) is 2.90. The Morgan fingerprint density at radius 3 is 2.52 bits per heavy atom. The highest BCUT2D eigenvalue weighted by Crippen LogP contribution is 2.17. The van der Waals surface area contributed by atoms with Gasteiger partial charge in [0, 0.05) is 57.6 Å². The maximum absolute atomic E-state index is 11.4. The molecule has 1 aromatic rings. The SMILES string of the molecule is CCNC(=NCc1sc(C)nc1C)NCCN1CCN(C(C)=O)CC1. The molecule has 0 saturated carbocycles. The second kappa shape index (κ2) is 9.72. The molecule has 0 aliphatic carbocycles. The van der Waals surface area contributed by atoms with Gasteiger partial charge in [0.2, 0.25) is 5.91 Å². The molecule has 140 valence electrons. The second-order valence-electron chi connectivity index (χ2n) is 6.21. The van der Waals surface area contributed by atoms with Crippen LogP contribution in [0.25, 0.3) is 0 Å². The second-order valence-corrected chi connectivity index (χ2v) is 7.50. The molecular formula is C17H30N6OS. The number of aromatic nitrogens is 1. The van der Waals surface area contributed by atoms with Crippen LogP contribution in [0.2, 0.25) is 0 Å². The zero-order valence-corrected chi connectivity index (χ0v) is 16.6. The number of amides is 1. The summed E-state index contributed by atoms with van der Waals surface area (Å²) in [5, 5.41) is 7.78. The lowest BCUT2D eigenvalue weighted by atomic mass is 10.3. The summed E-state index contributed by atoms with van der Waals surface area (Å²) in [4.78, 5) is 26.0. The predicted molar refractivity (Wildman–Crippen MR) is 103 cm³/mol. The molecule has 1 saturated heterocycles. The van der Waals surface area contributed by atoms with Gasteiger partial charge in [-0.2, -0.15) is 0 Å². The van der Waals surface area contributed by atoms with Gasteiger partial charge in [-0.25, -0.2) is 9.98 Å². The Hall–Kier alpha value is -1.67. The average molecular weight is 367 g/mol. The zero-order chi connectivity index (χ0) is 18.2. The molecule has 0 aromatic carbocycles. The van der Waals surface area contributed by atoms with Crippen LogP contribution >= 0.6 is 11.3 Å². The molecular weight excluding hydrogens is 336 g/mol. The Morgan fingerprint density at radius 1 is 1.24 bits per heavy atom. The summed E-state index contributed by atoms with van der Waals surface area (Å²) >= 11 is 1.71. The van der Waals surface area contributed by atoms with Crippen molar-refractivity contribution in [3.05, 3.63) is 15.6 Å². The van der Waals surface area contributed by atoms with Gasteiger partial charge < -0.3 is 15.5 Å². The van der Waals surface area contributed by atoms with E-state index in [4.69, 9.17) is 0 Å². The number of aryl methyl sites for hydroxylation is 2. The van der Waals surface area contributed by atoms with E-state index in [-0.39, 0.29) is 5.91 Å². The van der Waals surface area contributed by atoms with Crippen molar-refractivity contribution < 1.29 is 4.79 Å².